The molecular formula is C20H17N3OS2. The van der Waals surface area contributed by atoms with Gasteiger partial charge in [0.1, 0.15) is 21.8 Å². The third kappa shape index (κ3) is 3.90. The summed E-state index contributed by atoms with van der Waals surface area (Å²) in [7, 11) is 0. The summed E-state index contributed by atoms with van der Waals surface area (Å²) in [5.74, 6) is -0.162. The van der Waals surface area contributed by atoms with Crippen molar-refractivity contribution in [1.29, 1.82) is 5.26 Å². The van der Waals surface area contributed by atoms with Crippen molar-refractivity contribution in [3.05, 3.63) is 56.7 Å². The molecule has 3 aromatic rings. The number of aromatic nitrogens is 1. The van der Waals surface area contributed by atoms with E-state index in [1.165, 1.54) is 18.3 Å². The SMILES string of the molecule is CC(=O)Nc1sc(C(C#N)=Cc2sccc2C)nc1-c1ccc(C)cc1. The predicted octanol–water partition coefficient (Wildman–Crippen LogP) is 5.51. The van der Waals surface area contributed by atoms with Crippen LogP contribution in [-0.4, -0.2) is 10.9 Å². The molecule has 26 heavy (non-hydrogen) atoms. The van der Waals surface area contributed by atoms with Gasteiger partial charge in [-0.2, -0.15) is 5.26 Å². The van der Waals surface area contributed by atoms with Gasteiger partial charge in [0.15, 0.2) is 0 Å². The Bertz CT molecular complexity index is 1020. The Morgan fingerprint density at radius 1 is 1.23 bits per heavy atom. The second-order valence-electron chi connectivity index (χ2n) is 5.88. The van der Waals surface area contributed by atoms with E-state index in [9.17, 15) is 10.1 Å². The molecule has 0 aliphatic rings. The van der Waals surface area contributed by atoms with Crippen LogP contribution in [0.4, 0.5) is 5.00 Å². The number of benzene rings is 1. The Hall–Kier alpha value is -2.75. The summed E-state index contributed by atoms with van der Waals surface area (Å²) >= 11 is 2.91. The maximum Gasteiger partial charge on any atom is 0.221 e. The van der Waals surface area contributed by atoms with Crippen LogP contribution in [0.2, 0.25) is 0 Å². The molecule has 0 aliphatic carbocycles. The first-order valence-electron chi connectivity index (χ1n) is 7.99. The zero-order chi connectivity index (χ0) is 18.7. The predicted molar refractivity (Wildman–Crippen MR) is 109 cm³/mol. The fourth-order valence-electron chi connectivity index (χ4n) is 2.39. The Kier molecular flexibility index (Phi) is 5.31. The number of carbonyl (C=O) groups excluding carboxylic acids is 1. The average molecular weight is 380 g/mol. The molecule has 0 saturated heterocycles. The molecule has 1 aromatic carbocycles. The first-order valence-corrected chi connectivity index (χ1v) is 9.69. The van der Waals surface area contributed by atoms with Crippen molar-refractivity contribution in [2.75, 3.05) is 5.32 Å². The van der Waals surface area contributed by atoms with Crippen molar-refractivity contribution < 1.29 is 4.79 Å². The number of thiophene rings is 1. The molecule has 4 nitrogen and oxygen atoms in total. The number of nitriles is 1. The van der Waals surface area contributed by atoms with E-state index in [1.54, 1.807) is 11.3 Å². The normalized spacial score (nSPS) is 11.2. The van der Waals surface area contributed by atoms with Gasteiger partial charge in [-0.1, -0.05) is 41.2 Å². The molecule has 0 fully saturated rings. The van der Waals surface area contributed by atoms with Crippen molar-refractivity contribution in [1.82, 2.24) is 4.98 Å². The smallest absolute Gasteiger partial charge is 0.221 e. The maximum absolute atomic E-state index is 11.6. The highest BCUT2D eigenvalue weighted by molar-refractivity contribution is 7.17. The summed E-state index contributed by atoms with van der Waals surface area (Å²) < 4.78 is 0. The number of nitrogens with zero attached hydrogens (tertiary/aromatic N) is 2. The first-order chi connectivity index (χ1) is 12.5. The monoisotopic (exact) mass is 379 g/mol. The van der Waals surface area contributed by atoms with Crippen molar-refractivity contribution in [2.45, 2.75) is 20.8 Å². The summed E-state index contributed by atoms with van der Waals surface area (Å²) in [6, 6.07) is 12.2. The zero-order valence-corrected chi connectivity index (χ0v) is 16.3. The van der Waals surface area contributed by atoms with Gasteiger partial charge in [-0.3, -0.25) is 4.79 Å². The lowest BCUT2D eigenvalue weighted by molar-refractivity contribution is -0.114. The number of allylic oxidation sites excluding steroid dienone is 1. The van der Waals surface area contributed by atoms with E-state index in [-0.39, 0.29) is 5.91 Å². The van der Waals surface area contributed by atoms with E-state index < -0.39 is 0 Å². The van der Waals surface area contributed by atoms with Gasteiger partial charge in [0, 0.05) is 17.4 Å². The standard InChI is InChI=1S/C20H17N3OS2/c1-12-4-6-15(7-5-12)18-20(22-14(3)24)26-19(23-18)16(11-21)10-17-13(2)8-9-25-17/h4-10H,1-3H3,(H,22,24). The van der Waals surface area contributed by atoms with Gasteiger partial charge in [0.25, 0.3) is 0 Å². The highest BCUT2D eigenvalue weighted by Crippen LogP contribution is 2.37. The van der Waals surface area contributed by atoms with Crippen LogP contribution in [0.3, 0.4) is 0 Å². The minimum absolute atomic E-state index is 0.162. The largest absolute Gasteiger partial charge is 0.316 e. The molecule has 0 radical (unpaired) electrons. The lowest BCUT2D eigenvalue weighted by Gasteiger charge is -2.03. The lowest BCUT2D eigenvalue weighted by Crippen LogP contribution is -2.05. The van der Waals surface area contributed by atoms with Crippen LogP contribution in [0, 0.1) is 25.2 Å². The molecule has 0 spiro atoms. The molecule has 1 amide bonds. The van der Waals surface area contributed by atoms with Crippen LogP contribution in [-0.2, 0) is 4.79 Å². The topological polar surface area (TPSA) is 65.8 Å². The quantitative estimate of drug-likeness (QED) is 0.608. The molecule has 0 aliphatic heterocycles. The van der Waals surface area contributed by atoms with Crippen LogP contribution in [0.15, 0.2) is 35.7 Å². The summed E-state index contributed by atoms with van der Waals surface area (Å²) in [6.07, 6.45) is 1.86. The Labute approximate surface area is 160 Å². The van der Waals surface area contributed by atoms with E-state index in [2.05, 4.69) is 16.4 Å². The van der Waals surface area contributed by atoms with E-state index in [1.807, 2.05) is 55.6 Å². The minimum atomic E-state index is -0.162. The van der Waals surface area contributed by atoms with Crippen molar-refractivity contribution in [2.24, 2.45) is 0 Å². The third-order valence-electron chi connectivity index (χ3n) is 3.77. The van der Waals surface area contributed by atoms with Gasteiger partial charge in [-0.15, -0.1) is 11.3 Å². The fraction of sp³-hybridized carbons (Fsp3) is 0.150. The zero-order valence-electron chi connectivity index (χ0n) is 14.7. The Balaban J connectivity index is 2.09. The fourth-order valence-corrected chi connectivity index (χ4v) is 4.25. The summed E-state index contributed by atoms with van der Waals surface area (Å²) in [5.41, 5.74) is 4.36. The Morgan fingerprint density at radius 3 is 2.54 bits per heavy atom. The van der Waals surface area contributed by atoms with Gasteiger partial charge in [-0.25, -0.2) is 4.98 Å². The van der Waals surface area contributed by atoms with Crippen LogP contribution < -0.4 is 5.32 Å². The molecule has 0 bridgehead atoms. The van der Waals surface area contributed by atoms with E-state index in [0.29, 0.717) is 21.3 Å². The van der Waals surface area contributed by atoms with Crippen LogP contribution in [0.1, 0.15) is 27.9 Å². The van der Waals surface area contributed by atoms with Gasteiger partial charge >= 0.3 is 0 Å². The van der Waals surface area contributed by atoms with Crippen LogP contribution >= 0.6 is 22.7 Å². The molecule has 3 rings (SSSR count). The number of aryl methyl sites for hydroxylation is 2. The van der Waals surface area contributed by atoms with Crippen LogP contribution in [0.25, 0.3) is 22.9 Å². The van der Waals surface area contributed by atoms with Gasteiger partial charge in [0.2, 0.25) is 5.91 Å². The maximum atomic E-state index is 11.6. The molecule has 6 heteroatoms. The minimum Gasteiger partial charge on any atom is -0.316 e. The summed E-state index contributed by atoms with van der Waals surface area (Å²) in [5, 5.41) is 15.7. The molecule has 130 valence electrons. The number of hydrogen-bond donors (Lipinski definition) is 1. The molecular weight excluding hydrogens is 362 g/mol. The highest BCUT2D eigenvalue weighted by Gasteiger charge is 2.17. The third-order valence-corrected chi connectivity index (χ3v) is 5.74. The molecule has 2 heterocycles. The summed E-state index contributed by atoms with van der Waals surface area (Å²) in [6.45, 7) is 5.50. The molecule has 0 atom stereocenters. The summed E-state index contributed by atoms with van der Waals surface area (Å²) in [4.78, 5) is 17.3. The number of nitrogens with one attached hydrogen (secondary N) is 1. The van der Waals surface area contributed by atoms with E-state index in [4.69, 9.17) is 0 Å². The second kappa shape index (κ2) is 7.65. The number of thiazole rings is 1. The highest BCUT2D eigenvalue weighted by atomic mass is 32.1. The number of anilines is 1. The second-order valence-corrected chi connectivity index (χ2v) is 7.83. The Morgan fingerprint density at radius 2 is 1.96 bits per heavy atom. The molecule has 1 N–H and O–H groups in total. The number of rotatable bonds is 4. The number of carbonyl (C=O) groups is 1. The first kappa shape index (κ1) is 18.1. The van der Waals surface area contributed by atoms with Crippen molar-refractivity contribution in [3.63, 3.8) is 0 Å². The van der Waals surface area contributed by atoms with Gasteiger partial charge < -0.3 is 5.32 Å². The van der Waals surface area contributed by atoms with Crippen molar-refractivity contribution >= 4 is 45.2 Å². The number of amides is 1. The van der Waals surface area contributed by atoms with Crippen LogP contribution in [0.5, 0.6) is 0 Å². The average Bonchev–Trinajstić information content (AvgIpc) is 3.19. The van der Waals surface area contributed by atoms with E-state index >= 15 is 0 Å². The lowest BCUT2D eigenvalue weighted by atomic mass is 10.1. The molecule has 0 saturated carbocycles. The van der Waals surface area contributed by atoms with Crippen molar-refractivity contribution in [3.8, 4) is 17.3 Å². The van der Waals surface area contributed by atoms with Gasteiger partial charge in [0.05, 0.1) is 5.57 Å². The molecule has 2 aromatic heterocycles. The number of hydrogen-bond acceptors (Lipinski definition) is 5. The molecule has 0 unspecified atom stereocenters. The van der Waals surface area contributed by atoms with E-state index in [0.717, 1.165) is 21.6 Å². The van der Waals surface area contributed by atoms with Gasteiger partial charge in [-0.05, 0) is 36.9 Å².